The third-order valence-electron chi connectivity index (χ3n) is 3.19. The van der Waals surface area contributed by atoms with Gasteiger partial charge in [-0.15, -0.1) is 0 Å². The molecule has 0 radical (unpaired) electrons. The predicted molar refractivity (Wildman–Crippen MR) is 81.3 cm³/mol. The summed E-state index contributed by atoms with van der Waals surface area (Å²) in [6.45, 7) is 1.75. The van der Waals surface area contributed by atoms with Crippen LogP contribution in [0.1, 0.15) is 26.3 Å². The van der Waals surface area contributed by atoms with Crippen LogP contribution in [0.15, 0.2) is 42.5 Å². The van der Waals surface area contributed by atoms with E-state index in [-0.39, 0.29) is 5.91 Å². The Morgan fingerprint density at radius 1 is 1.05 bits per heavy atom. The Balaban J connectivity index is 2.30. The first-order valence-corrected chi connectivity index (χ1v) is 6.38. The predicted octanol–water partition coefficient (Wildman–Crippen LogP) is 2.62. The van der Waals surface area contributed by atoms with Crippen LogP contribution in [-0.4, -0.2) is 19.0 Å². The first-order chi connectivity index (χ1) is 10.0. The first kappa shape index (κ1) is 14.6. The third-order valence-corrected chi connectivity index (χ3v) is 3.19. The highest BCUT2D eigenvalue weighted by molar-refractivity contribution is 6.08. The van der Waals surface area contributed by atoms with Crippen LogP contribution >= 0.6 is 0 Å². The van der Waals surface area contributed by atoms with Gasteiger partial charge in [0.25, 0.3) is 5.91 Å². The van der Waals surface area contributed by atoms with Crippen LogP contribution in [0.5, 0.6) is 0 Å². The summed E-state index contributed by atoms with van der Waals surface area (Å²) in [5.41, 5.74) is 8.17. The van der Waals surface area contributed by atoms with Crippen LogP contribution in [0.2, 0.25) is 0 Å². The van der Waals surface area contributed by atoms with E-state index >= 15 is 0 Å². The number of esters is 1. The molecular formula is C16H16N2O3. The van der Waals surface area contributed by atoms with Crippen LogP contribution in [-0.2, 0) is 4.74 Å². The molecule has 2 rings (SSSR count). The quantitative estimate of drug-likeness (QED) is 0.670. The largest absolute Gasteiger partial charge is 0.465 e. The Kier molecular flexibility index (Phi) is 4.23. The fourth-order valence-corrected chi connectivity index (χ4v) is 2.00. The van der Waals surface area contributed by atoms with Gasteiger partial charge in [0, 0.05) is 11.4 Å². The van der Waals surface area contributed by atoms with Crippen LogP contribution in [0, 0.1) is 6.92 Å². The maximum absolute atomic E-state index is 12.2. The molecular weight excluding hydrogens is 268 g/mol. The lowest BCUT2D eigenvalue weighted by molar-refractivity contribution is 0.0599. The molecule has 0 saturated carbocycles. The average molecular weight is 284 g/mol. The van der Waals surface area contributed by atoms with E-state index in [1.54, 1.807) is 49.4 Å². The van der Waals surface area contributed by atoms with Gasteiger partial charge in [0.05, 0.1) is 18.2 Å². The number of carbonyl (C=O) groups is 2. The molecule has 0 fully saturated rings. The Morgan fingerprint density at radius 2 is 1.71 bits per heavy atom. The highest BCUT2D eigenvalue weighted by Gasteiger charge is 2.15. The molecule has 0 aliphatic carbocycles. The summed E-state index contributed by atoms with van der Waals surface area (Å²) in [6.07, 6.45) is 0. The second-order valence-corrected chi connectivity index (χ2v) is 4.51. The van der Waals surface area contributed by atoms with E-state index in [9.17, 15) is 9.59 Å². The highest BCUT2D eigenvalue weighted by Crippen LogP contribution is 2.21. The van der Waals surface area contributed by atoms with Crippen molar-refractivity contribution in [3.05, 3.63) is 59.2 Å². The fourth-order valence-electron chi connectivity index (χ4n) is 2.00. The molecule has 0 heterocycles. The molecule has 0 aromatic heterocycles. The van der Waals surface area contributed by atoms with Gasteiger partial charge in [0.15, 0.2) is 0 Å². The van der Waals surface area contributed by atoms with E-state index in [1.165, 1.54) is 7.11 Å². The van der Waals surface area contributed by atoms with E-state index in [0.717, 1.165) is 0 Å². The minimum absolute atomic E-state index is 0.321. The van der Waals surface area contributed by atoms with Crippen molar-refractivity contribution >= 4 is 23.3 Å². The van der Waals surface area contributed by atoms with E-state index in [4.69, 9.17) is 10.5 Å². The number of nitrogens with one attached hydrogen (secondary N) is 1. The Bertz CT molecular complexity index is 696. The zero-order chi connectivity index (χ0) is 15.4. The maximum Gasteiger partial charge on any atom is 0.338 e. The molecule has 0 bridgehead atoms. The summed E-state index contributed by atoms with van der Waals surface area (Å²) < 4.78 is 4.71. The van der Waals surface area contributed by atoms with Crippen molar-refractivity contribution in [2.24, 2.45) is 0 Å². The van der Waals surface area contributed by atoms with Gasteiger partial charge in [-0.1, -0.05) is 18.2 Å². The number of nitrogen functional groups attached to an aromatic ring is 1. The molecule has 2 aromatic rings. The van der Waals surface area contributed by atoms with Crippen LogP contribution in [0.3, 0.4) is 0 Å². The lowest BCUT2D eigenvalue weighted by Gasteiger charge is -2.12. The molecule has 0 saturated heterocycles. The van der Waals surface area contributed by atoms with Gasteiger partial charge < -0.3 is 15.8 Å². The van der Waals surface area contributed by atoms with E-state index in [0.29, 0.717) is 28.1 Å². The molecule has 1 amide bonds. The Labute approximate surface area is 122 Å². The van der Waals surface area contributed by atoms with Gasteiger partial charge in [-0.25, -0.2) is 4.79 Å². The topological polar surface area (TPSA) is 81.4 Å². The molecule has 5 heteroatoms. The number of rotatable bonds is 3. The molecule has 3 N–H and O–H groups in total. The number of benzene rings is 2. The summed E-state index contributed by atoms with van der Waals surface area (Å²) in [5.74, 6) is -0.763. The summed E-state index contributed by atoms with van der Waals surface area (Å²) in [6, 6.07) is 11.9. The highest BCUT2D eigenvalue weighted by atomic mass is 16.5. The molecule has 21 heavy (non-hydrogen) atoms. The average Bonchev–Trinajstić information content (AvgIpc) is 2.49. The number of amides is 1. The summed E-state index contributed by atoms with van der Waals surface area (Å²) >= 11 is 0. The minimum atomic E-state index is -0.442. The first-order valence-electron chi connectivity index (χ1n) is 6.38. The Hall–Kier alpha value is -2.82. The number of hydrogen-bond acceptors (Lipinski definition) is 4. The molecule has 0 unspecified atom stereocenters. The van der Waals surface area contributed by atoms with Crippen molar-refractivity contribution in [1.29, 1.82) is 0 Å². The van der Waals surface area contributed by atoms with E-state index in [2.05, 4.69) is 5.32 Å². The second-order valence-electron chi connectivity index (χ2n) is 4.51. The van der Waals surface area contributed by atoms with Crippen molar-refractivity contribution < 1.29 is 14.3 Å². The number of carbonyl (C=O) groups excluding carboxylic acids is 2. The van der Waals surface area contributed by atoms with Crippen molar-refractivity contribution in [1.82, 2.24) is 0 Å². The molecule has 2 aromatic carbocycles. The van der Waals surface area contributed by atoms with Crippen LogP contribution in [0.25, 0.3) is 0 Å². The molecule has 0 atom stereocenters. The number of ether oxygens (including phenoxy) is 1. The van der Waals surface area contributed by atoms with Crippen LogP contribution < -0.4 is 11.1 Å². The molecule has 0 spiro atoms. The summed E-state index contributed by atoms with van der Waals surface area (Å²) in [5, 5.41) is 2.76. The lowest BCUT2D eigenvalue weighted by Crippen LogP contribution is -2.15. The van der Waals surface area contributed by atoms with Gasteiger partial charge in [0.1, 0.15) is 0 Å². The van der Waals surface area contributed by atoms with E-state index in [1.807, 2.05) is 0 Å². The van der Waals surface area contributed by atoms with Crippen molar-refractivity contribution in [3.63, 3.8) is 0 Å². The standard InChI is InChI=1S/C16H16N2O3/c1-10-11(16(20)21-2)7-5-9-14(10)18-15(19)12-6-3-4-8-13(12)17/h3-9H,17H2,1-2H3,(H,18,19). The monoisotopic (exact) mass is 284 g/mol. The summed E-state index contributed by atoms with van der Waals surface area (Å²) in [4.78, 5) is 23.9. The van der Waals surface area contributed by atoms with Crippen LogP contribution in [0.4, 0.5) is 11.4 Å². The number of anilines is 2. The SMILES string of the molecule is COC(=O)c1cccc(NC(=O)c2ccccc2N)c1C. The number of methoxy groups -OCH3 is 1. The zero-order valence-corrected chi connectivity index (χ0v) is 11.8. The number of nitrogens with two attached hydrogens (primary N) is 1. The molecule has 5 nitrogen and oxygen atoms in total. The van der Waals surface area contributed by atoms with Crippen molar-refractivity contribution in [2.75, 3.05) is 18.2 Å². The fraction of sp³-hybridized carbons (Fsp3) is 0.125. The number of para-hydroxylation sites is 1. The maximum atomic E-state index is 12.2. The van der Waals surface area contributed by atoms with Gasteiger partial charge >= 0.3 is 5.97 Å². The van der Waals surface area contributed by atoms with E-state index < -0.39 is 5.97 Å². The molecule has 108 valence electrons. The normalized spacial score (nSPS) is 10.0. The second kappa shape index (κ2) is 6.09. The van der Waals surface area contributed by atoms with Gasteiger partial charge in [0.2, 0.25) is 0 Å². The van der Waals surface area contributed by atoms with Gasteiger partial charge in [-0.3, -0.25) is 4.79 Å². The zero-order valence-electron chi connectivity index (χ0n) is 11.8. The summed E-state index contributed by atoms with van der Waals surface area (Å²) in [7, 11) is 1.32. The number of hydrogen-bond donors (Lipinski definition) is 2. The molecule has 0 aliphatic rings. The van der Waals surface area contributed by atoms with Crippen molar-refractivity contribution in [3.8, 4) is 0 Å². The molecule has 0 aliphatic heterocycles. The lowest BCUT2D eigenvalue weighted by atomic mass is 10.1. The smallest absolute Gasteiger partial charge is 0.338 e. The van der Waals surface area contributed by atoms with Crippen molar-refractivity contribution in [2.45, 2.75) is 6.92 Å². The Morgan fingerprint density at radius 3 is 2.38 bits per heavy atom. The third kappa shape index (κ3) is 3.02. The van der Waals surface area contributed by atoms with Gasteiger partial charge in [-0.2, -0.15) is 0 Å². The minimum Gasteiger partial charge on any atom is -0.465 e. The van der Waals surface area contributed by atoms with Gasteiger partial charge in [-0.05, 0) is 36.8 Å².